The van der Waals surface area contributed by atoms with E-state index < -0.39 is 15.6 Å². The Morgan fingerprint density at radius 1 is 1.17 bits per heavy atom. The topological polar surface area (TPSA) is 58.2 Å². The van der Waals surface area contributed by atoms with E-state index in [0.29, 0.717) is 12.6 Å². The molecule has 2 unspecified atom stereocenters. The van der Waals surface area contributed by atoms with Gasteiger partial charge in [-0.3, -0.25) is 0 Å². The normalized spacial score (nSPS) is 26.9. The molecule has 0 aliphatic heterocycles. The van der Waals surface area contributed by atoms with Gasteiger partial charge in [0.25, 0.3) is 0 Å². The van der Waals surface area contributed by atoms with E-state index in [9.17, 15) is 8.42 Å². The highest BCUT2D eigenvalue weighted by Gasteiger charge is 2.24. The second-order valence-electron chi connectivity index (χ2n) is 6.45. The van der Waals surface area contributed by atoms with E-state index in [1.165, 1.54) is 38.4 Å². The molecule has 0 bridgehead atoms. The molecule has 5 heteroatoms. The van der Waals surface area contributed by atoms with Crippen LogP contribution in [0.15, 0.2) is 0 Å². The Labute approximate surface area is 112 Å². The number of hydrogen-bond acceptors (Lipinski definition) is 3. The zero-order valence-corrected chi connectivity index (χ0v) is 12.9. The molecule has 0 amide bonds. The van der Waals surface area contributed by atoms with Crippen LogP contribution in [0.4, 0.5) is 0 Å². The zero-order valence-electron chi connectivity index (χ0n) is 12.1. The first kappa shape index (κ1) is 15.9. The van der Waals surface area contributed by atoms with Crippen LogP contribution < -0.4 is 10.0 Å². The Kier molecular flexibility index (Phi) is 5.62. The van der Waals surface area contributed by atoms with Gasteiger partial charge < -0.3 is 5.32 Å². The Morgan fingerprint density at radius 2 is 1.83 bits per heavy atom. The van der Waals surface area contributed by atoms with Crippen LogP contribution in [-0.4, -0.2) is 32.8 Å². The highest BCUT2D eigenvalue weighted by atomic mass is 32.2. The maximum absolute atomic E-state index is 11.3. The smallest absolute Gasteiger partial charge is 0.209 e. The molecule has 1 fully saturated rings. The minimum atomic E-state index is -3.14. The third-order valence-corrected chi connectivity index (χ3v) is 4.48. The molecule has 1 rings (SSSR count). The molecule has 1 aliphatic carbocycles. The lowest BCUT2D eigenvalue weighted by atomic mass is 10.0. The van der Waals surface area contributed by atoms with E-state index in [-0.39, 0.29) is 0 Å². The van der Waals surface area contributed by atoms with Crippen molar-refractivity contribution in [2.45, 2.75) is 64.5 Å². The molecule has 0 heterocycles. The summed E-state index contributed by atoms with van der Waals surface area (Å²) in [7, 11) is -3.14. The lowest BCUT2D eigenvalue weighted by Gasteiger charge is -2.28. The standard InChI is InChI=1S/C13H28N2O2S/c1-11-6-5-7-12(9-8-11)14-10-13(2,3)15-18(4,16)17/h11-12,14-15H,5-10H2,1-4H3. The van der Waals surface area contributed by atoms with Crippen molar-refractivity contribution in [2.75, 3.05) is 12.8 Å². The first-order valence-corrected chi connectivity index (χ1v) is 8.79. The lowest BCUT2D eigenvalue weighted by Crippen LogP contribution is -2.51. The van der Waals surface area contributed by atoms with Gasteiger partial charge in [0.2, 0.25) is 10.0 Å². The van der Waals surface area contributed by atoms with Crippen molar-refractivity contribution in [1.29, 1.82) is 0 Å². The molecule has 18 heavy (non-hydrogen) atoms. The van der Waals surface area contributed by atoms with Crippen LogP contribution in [0, 0.1) is 5.92 Å². The second kappa shape index (κ2) is 6.35. The highest BCUT2D eigenvalue weighted by molar-refractivity contribution is 7.88. The van der Waals surface area contributed by atoms with Crippen LogP contribution in [0.2, 0.25) is 0 Å². The molecular weight excluding hydrogens is 248 g/mol. The van der Waals surface area contributed by atoms with Gasteiger partial charge in [-0.05, 0) is 39.0 Å². The van der Waals surface area contributed by atoms with Crippen LogP contribution in [0.3, 0.4) is 0 Å². The van der Waals surface area contributed by atoms with Gasteiger partial charge in [0.05, 0.1) is 6.26 Å². The van der Waals surface area contributed by atoms with Crippen molar-refractivity contribution >= 4 is 10.0 Å². The highest BCUT2D eigenvalue weighted by Crippen LogP contribution is 2.22. The van der Waals surface area contributed by atoms with Gasteiger partial charge in [-0.1, -0.05) is 19.8 Å². The van der Waals surface area contributed by atoms with Crippen molar-refractivity contribution in [1.82, 2.24) is 10.0 Å². The average Bonchev–Trinajstić information content (AvgIpc) is 2.37. The van der Waals surface area contributed by atoms with E-state index >= 15 is 0 Å². The van der Waals surface area contributed by atoms with Crippen LogP contribution >= 0.6 is 0 Å². The van der Waals surface area contributed by atoms with Crippen molar-refractivity contribution < 1.29 is 8.42 Å². The van der Waals surface area contributed by atoms with Crippen molar-refractivity contribution in [3.8, 4) is 0 Å². The summed E-state index contributed by atoms with van der Waals surface area (Å²) in [6, 6.07) is 0.538. The molecule has 2 atom stereocenters. The summed E-state index contributed by atoms with van der Waals surface area (Å²) >= 11 is 0. The number of rotatable bonds is 5. The maximum atomic E-state index is 11.3. The van der Waals surface area contributed by atoms with E-state index in [1.807, 2.05) is 13.8 Å². The molecule has 0 aromatic rings. The van der Waals surface area contributed by atoms with Gasteiger partial charge >= 0.3 is 0 Å². The van der Waals surface area contributed by atoms with Gasteiger partial charge in [-0.15, -0.1) is 0 Å². The monoisotopic (exact) mass is 276 g/mol. The van der Waals surface area contributed by atoms with Crippen molar-refractivity contribution in [2.24, 2.45) is 5.92 Å². The molecule has 2 N–H and O–H groups in total. The fourth-order valence-electron chi connectivity index (χ4n) is 2.63. The minimum Gasteiger partial charge on any atom is -0.312 e. The van der Waals surface area contributed by atoms with Gasteiger partial charge in [0.1, 0.15) is 0 Å². The van der Waals surface area contributed by atoms with E-state index in [0.717, 1.165) is 5.92 Å². The molecule has 0 radical (unpaired) electrons. The fraction of sp³-hybridized carbons (Fsp3) is 1.00. The SMILES string of the molecule is CC1CCCC(NCC(C)(C)NS(C)(=O)=O)CC1. The zero-order chi connectivity index (χ0) is 13.8. The van der Waals surface area contributed by atoms with Gasteiger partial charge in [-0.25, -0.2) is 13.1 Å². The summed E-state index contributed by atoms with van der Waals surface area (Å²) in [6.07, 6.45) is 7.50. The summed E-state index contributed by atoms with van der Waals surface area (Å²) in [6.45, 7) is 6.83. The Morgan fingerprint density at radius 3 is 2.44 bits per heavy atom. The van der Waals surface area contributed by atoms with Crippen LogP contribution in [0.25, 0.3) is 0 Å². The summed E-state index contributed by atoms with van der Waals surface area (Å²) in [5.41, 5.74) is -0.425. The van der Waals surface area contributed by atoms with Gasteiger partial charge in [-0.2, -0.15) is 0 Å². The number of hydrogen-bond donors (Lipinski definition) is 2. The number of nitrogens with one attached hydrogen (secondary N) is 2. The van der Waals surface area contributed by atoms with Crippen LogP contribution in [0.5, 0.6) is 0 Å². The minimum absolute atomic E-state index is 0.425. The third kappa shape index (κ3) is 6.71. The molecule has 1 saturated carbocycles. The predicted octanol–water partition coefficient (Wildman–Crippen LogP) is 1.87. The molecule has 1 aliphatic rings. The van der Waals surface area contributed by atoms with Gasteiger partial charge in [0.15, 0.2) is 0 Å². The Bertz CT molecular complexity index is 352. The largest absolute Gasteiger partial charge is 0.312 e. The van der Waals surface area contributed by atoms with Crippen LogP contribution in [-0.2, 0) is 10.0 Å². The lowest BCUT2D eigenvalue weighted by molar-refractivity contribution is 0.367. The third-order valence-electron chi connectivity index (χ3n) is 3.55. The number of sulfonamides is 1. The first-order chi connectivity index (χ1) is 8.18. The molecule has 0 spiro atoms. The Hall–Kier alpha value is -0.130. The van der Waals surface area contributed by atoms with Crippen LogP contribution in [0.1, 0.15) is 52.9 Å². The molecule has 0 saturated heterocycles. The van der Waals surface area contributed by atoms with E-state index in [1.54, 1.807) is 0 Å². The predicted molar refractivity (Wildman–Crippen MR) is 76.1 cm³/mol. The first-order valence-electron chi connectivity index (χ1n) is 6.90. The summed E-state index contributed by atoms with van der Waals surface area (Å²) in [5, 5.41) is 3.52. The summed E-state index contributed by atoms with van der Waals surface area (Å²) in [4.78, 5) is 0. The summed E-state index contributed by atoms with van der Waals surface area (Å²) in [5.74, 6) is 0.832. The quantitative estimate of drug-likeness (QED) is 0.754. The molecule has 0 aromatic heterocycles. The fourth-order valence-corrected chi connectivity index (χ4v) is 3.70. The second-order valence-corrected chi connectivity index (χ2v) is 8.20. The molecule has 0 aromatic carbocycles. The molecular formula is C13H28N2O2S. The van der Waals surface area contributed by atoms with Crippen molar-refractivity contribution in [3.63, 3.8) is 0 Å². The van der Waals surface area contributed by atoms with Gasteiger partial charge in [0, 0.05) is 18.1 Å². The molecule has 4 nitrogen and oxygen atoms in total. The Balaban J connectivity index is 2.39. The summed E-state index contributed by atoms with van der Waals surface area (Å²) < 4.78 is 25.2. The average molecular weight is 276 g/mol. The van der Waals surface area contributed by atoms with E-state index in [2.05, 4.69) is 17.0 Å². The van der Waals surface area contributed by atoms with E-state index in [4.69, 9.17) is 0 Å². The molecule has 108 valence electrons. The maximum Gasteiger partial charge on any atom is 0.209 e. The van der Waals surface area contributed by atoms with Crippen molar-refractivity contribution in [3.05, 3.63) is 0 Å².